The molecule has 1 heterocycles. The molecule has 1 aliphatic heterocycles. The van der Waals surface area contributed by atoms with Crippen molar-refractivity contribution in [2.24, 2.45) is 5.10 Å². The molecule has 0 fully saturated rings. The number of nitrogens with one attached hydrogen (secondary N) is 2. The fourth-order valence-electron chi connectivity index (χ4n) is 2.65. The van der Waals surface area contributed by atoms with Crippen molar-refractivity contribution < 1.29 is 9.59 Å². The lowest BCUT2D eigenvalue weighted by Crippen LogP contribution is -2.48. The number of carbonyl (C=O) groups is 2. The molecule has 0 radical (unpaired) electrons. The molecule has 132 valence electrons. The van der Waals surface area contributed by atoms with Crippen molar-refractivity contribution >= 4 is 29.4 Å². The van der Waals surface area contributed by atoms with Crippen LogP contribution in [0.1, 0.15) is 18.1 Å². The lowest BCUT2D eigenvalue weighted by Gasteiger charge is -2.22. The van der Waals surface area contributed by atoms with Crippen LogP contribution in [0.15, 0.2) is 65.8 Å². The first-order valence-electron chi connectivity index (χ1n) is 8.30. The van der Waals surface area contributed by atoms with E-state index in [1.807, 2.05) is 61.5 Å². The van der Waals surface area contributed by atoms with Crippen molar-refractivity contribution in [1.82, 2.24) is 10.7 Å². The predicted octanol–water partition coefficient (Wildman–Crippen LogP) is 2.77. The molecular weight excluding hydrogens is 328 g/mol. The number of nitrogens with zero attached hydrogens (tertiary/aromatic N) is 2. The third kappa shape index (κ3) is 3.97. The van der Waals surface area contributed by atoms with Gasteiger partial charge in [-0.15, -0.1) is 0 Å². The third-order valence-corrected chi connectivity index (χ3v) is 4.13. The molecule has 0 saturated carbocycles. The van der Waals surface area contributed by atoms with Gasteiger partial charge in [-0.1, -0.05) is 42.5 Å². The van der Waals surface area contributed by atoms with Crippen molar-refractivity contribution in [3.63, 3.8) is 0 Å². The molecule has 3 rings (SSSR count). The summed E-state index contributed by atoms with van der Waals surface area (Å²) in [5, 5.41) is 6.86. The Morgan fingerprint density at radius 3 is 2.46 bits per heavy atom. The van der Waals surface area contributed by atoms with Crippen LogP contribution < -0.4 is 15.6 Å². The van der Waals surface area contributed by atoms with E-state index < -0.39 is 0 Å². The van der Waals surface area contributed by atoms with Crippen LogP contribution in [0.2, 0.25) is 0 Å². The number of anilines is 1. The molecule has 2 aromatic carbocycles. The summed E-state index contributed by atoms with van der Waals surface area (Å²) >= 11 is 0. The van der Waals surface area contributed by atoms with Crippen molar-refractivity contribution in [1.29, 1.82) is 0 Å². The Kier molecular flexibility index (Phi) is 5.12. The lowest BCUT2D eigenvalue weighted by molar-refractivity contribution is -0.113. The van der Waals surface area contributed by atoms with Crippen molar-refractivity contribution in [2.75, 3.05) is 11.9 Å². The number of likely N-dealkylation sites (N-methyl/N-ethyl adjacent to an activating group) is 1. The van der Waals surface area contributed by atoms with E-state index in [4.69, 9.17) is 0 Å². The average molecular weight is 348 g/mol. The second-order valence-electron chi connectivity index (χ2n) is 5.99. The monoisotopic (exact) mass is 348 g/mol. The topological polar surface area (TPSA) is 73.8 Å². The highest BCUT2D eigenvalue weighted by molar-refractivity contribution is 6.08. The standard InChI is InChI=1S/C20H20N4O2/c1-14-19(22-23-20(26)21-14)16-9-11-17(12-10-16)24(2)18(25)13-8-15-6-4-3-5-7-15/h3-14H,1-2H3,(H2,21,23,26)/b13-8+. The van der Waals surface area contributed by atoms with E-state index in [1.54, 1.807) is 24.1 Å². The third-order valence-electron chi connectivity index (χ3n) is 4.13. The Morgan fingerprint density at radius 2 is 1.81 bits per heavy atom. The van der Waals surface area contributed by atoms with E-state index in [1.165, 1.54) is 0 Å². The Hall–Kier alpha value is -3.41. The summed E-state index contributed by atoms with van der Waals surface area (Å²) in [6, 6.07) is 16.7. The molecule has 6 nitrogen and oxygen atoms in total. The van der Waals surface area contributed by atoms with Crippen molar-refractivity contribution in [3.8, 4) is 0 Å². The van der Waals surface area contributed by atoms with E-state index in [0.717, 1.165) is 22.5 Å². The minimum absolute atomic E-state index is 0.112. The zero-order chi connectivity index (χ0) is 18.5. The molecule has 0 saturated heterocycles. The zero-order valence-electron chi connectivity index (χ0n) is 14.6. The maximum absolute atomic E-state index is 12.3. The molecule has 1 aliphatic rings. The number of hydrogen-bond donors (Lipinski definition) is 2. The molecule has 6 heteroatoms. The van der Waals surface area contributed by atoms with Crippen LogP contribution in [0.25, 0.3) is 6.08 Å². The first kappa shape index (κ1) is 17.4. The Labute approximate surface area is 152 Å². The van der Waals surface area contributed by atoms with Crippen LogP contribution in [0, 0.1) is 0 Å². The van der Waals surface area contributed by atoms with Gasteiger partial charge in [0.1, 0.15) is 0 Å². The van der Waals surface area contributed by atoms with Gasteiger partial charge >= 0.3 is 6.03 Å². The Morgan fingerprint density at radius 1 is 1.12 bits per heavy atom. The molecule has 0 aliphatic carbocycles. The van der Waals surface area contributed by atoms with Crippen LogP contribution in [-0.2, 0) is 4.79 Å². The largest absolute Gasteiger partial charge is 0.335 e. The second-order valence-corrected chi connectivity index (χ2v) is 5.99. The number of benzene rings is 2. The fourth-order valence-corrected chi connectivity index (χ4v) is 2.65. The van der Waals surface area contributed by atoms with Gasteiger partial charge in [-0.2, -0.15) is 5.10 Å². The summed E-state index contributed by atoms with van der Waals surface area (Å²) in [6.07, 6.45) is 3.34. The molecule has 0 bridgehead atoms. The number of hydrazone groups is 1. The number of urea groups is 1. The van der Waals surface area contributed by atoms with Gasteiger partial charge in [0.2, 0.25) is 0 Å². The fraction of sp³-hybridized carbons (Fsp3) is 0.150. The molecule has 1 atom stereocenters. The first-order chi connectivity index (χ1) is 12.5. The van der Waals surface area contributed by atoms with Gasteiger partial charge in [0, 0.05) is 24.4 Å². The van der Waals surface area contributed by atoms with Gasteiger partial charge in [-0.3, -0.25) is 4.79 Å². The maximum Gasteiger partial charge on any atom is 0.335 e. The summed E-state index contributed by atoms with van der Waals surface area (Å²) in [4.78, 5) is 25.2. The van der Waals surface area contributed by atoms with Gasteiger partial charge in [0.25, 0.3) is 5.91 Å². The quantitative estimate of drug-likeness (QED) is 0.834. The van der Waals surface area contributed by atoms with E-state index >= 15 is 0 Å². The predicted molar refractivity (Wildman–Crippen MR) is 103 cm³/mol. The van der Waals surface area contributed by atoms with E-state index in [9.17, 15) is 9.59 Å². The number of carbonyl (C=O) groups excluding carboxylic acids is 2. The summed E-state index contributed by atoms with van der Waals surface area (Å²) in [6.45, 7) is 1.87. The normalized spacial score (nSPS) is 16.6. The smallest absolute Gasteiger partial charge is 0.328 e. The highest BCUT2D eigenvalue weighted by Gasteiger charge is 2.20. The Bertz CT molecular complexity index is 857. The minimum atomic E-state index is -0.312. The summed E-state index contributed by atoms with van der Waals surface area (Å²) in [5.41, 5.74) is 5.79. The van der Waals surface area contributed by atoms with E-state index in [-0.39, 0.29) is 18.0 Å². The lowest BCUT2D eigenvalue weighted by atomic mass is 10.0. The minimum Gasteiger partial charge on any atom is -0.328 e. The van der Waals surface area contributed by atoms with Crippen molar-refractivity contribution in [3.05, 3.63) is 71.8 Å². The van der Waals surface area contributed by atoms with E-state index in [0.29, 0.717) is 0 Å². The molecule has 3 amide bonds. The first-order valence-corrected chi connectivity index (χ1v) is 8.30. The van der Waals surface area contributed by atoms with Crippen molar-refractivity contribution in [2.45, 2.75) is 13.0 Å². The molecule has 26 heavy (non-hydrogen) atoms. The average Bonchev–Trinajstić information content (AvgIpc) is 2.66. The van der Waals surface area contributed by atoms with Gasteiger partial charge in [-0.25, -0.2) is 10.2 Å². The van der Waals surface area contributed by atoms with Crippen LogP contribution in [-0.4, -0.2) is 30.7 Å². The maximum atomic E-state index is 12.3. The molecule has 0 aromatic heterocycles. The highest BCUT2D eigenvalue weighted by Crippen LogP contribution is 2.17. The number of amides is 3. The van der Waals surface area contributed by atoms with Gasteiger partial charge in [-0.05, 0) is 30.7 Å². The van der Waals surface area contributed by atoms with Gasteiger partial charge in [0.05, 0.1) is 11.8 Å². The molecule has 1 unspecified atom stereocenters. The molecular formula is C20H20N4O2. The molecule has 2 aromatic rings. The summed E-state index contributed by atoms with van der Waals surface area (Å²) in [5.74, 6) is -0.112. The summed E-state index contributed by atoms with van der Waals surface area (Å²) in [7, 11) is 1.73. The number of rotatable bonds is 4. The SMILES string of the molecule is CC1NC(=O)NN=C1c1ccc(N(C)C(=O)/C=C/c2ccccc2)cc1. The molecule has 0 spiro atoms. The van der Waals surface area contributed by atoms with Crippen LogP contribution in [0.3, 0.4) is 0 Å². The van der Waals surface area contributed by atoms with Gasteiger partial charge < -0.3 is 10.2 Å². The van der Waals surface area contributed by atoms with Crippen LogP contribution in [0.4, 0.5) is 10.5 Å². The van der Waals surface area contributed by atoms with E-state index in [2.05, 4.69) is 15.8 Å². The second kappa shape index (κ2) is 7.65. The van der Waals surface area contributed by atoms with Crippen LogP contribution >= 0.6 is 0 Å². The van der Waals surface area contributed by atoms with Gasteiger partial charge in [0.15, 0.2) is 0 Å². The van der Waals surface area contributed by atoms with Crippen LogP contribution in [0.5, 0.6) is 0 Å². The Balaban J connectivity index is 1.71. The summed E-state index contributed by atoms with van der Waals surface area (Å²) < 4.78 is 0. The zero-order valence-corrected chi connectivity index (χ0v) is 14.6. The number of hydrogen-bond acceptors (Lipinski definition) is 3. The molecule has 2 N–H and O–H groups in total. The highest BCUT2D eigenvalue weighted by atomic mass is 16.2.